The van der Waals surface area contributed by atoms with Crippen molar-refractivity contribution in [1.29, 1.82) is 0 Å². The monoisotopic (exact) mass is 297 g/mol. The third-order valence-electron chi connectivity index (χ3n) is 3.35. The Labute approximate surface area is 112 Å². The van der Waals surface area contributed by atoms with E-state index in [9.17, 15) is 0 Å². The second kappa shape index (κ2) is 4.69. The first kappa shape index (κ1) is 13.0. The number of nitrogens with zero attached hydrogens (tertiary/aromatic N) is 1. The lowest BCUT2D eigenvalue weighted by Crippen LogP contribution is -2.21. The van der Waals surface area contributed by atoms with Crippen LogP contribution in [0.4, 0.5) is 0 Å². The van der Waals surface area contributed by atoms with Gasteiger partial charge in [0.25, 0.3) is 0 Å². The molecule has 0 radical (unpaired) electrons. The van der Waals surface area contributed by atoms with Crippen LogP contribution in [0.5, 0.6) is 0 Å². The molecular weight excluding hydrogens is 278 g/mol. The smallest absolute Gasteiger partial charge is 0.109 e. The molecule has 94 valence electrons. The van der Waals surface area contributed by atoms with Gasteiger partial charge in [-0.1, -0.05) is 20.8 Å². The van der Waals surface area contributed by atoms with Crippen molar-refractivity contribution in [2.75, 3.05) is 7.11 Å². The fraction of sp³-hybridized carbons (Fsp3) is 0.643. The quantitative estimate of drug-likeness (QED) is 0.768. The predicted molar refractivity (Wildman–Crippen MR) is 73.2 cm³/mol. The number of rotatable bonds is 2. The molecule has 0 bridgehead atoms. The number of ether oxygens (including phenoxy) is 1. The average molecular weight is 298 g/mol. The van der Waals surface area contributed by atoms with Crippen LogP contribution >= 0.6 is 15.9 Å². The first-order valence-electron chi connectivity index (χ1n) is 6.14. The Morgan fingerprint density at radius 2 is 2.06 bits per heavy atom. The largest absolute Gasteiger partial charge is 0.375 e. The third-order valence-corrected chi connectivity index (χ3v) is 4.01. The number of fused-ring (bicyclic) bond motifs is 1. The van der Waals surface area contributed by atoms with E-state index in [1.165, 1.54) is 24.0 Å². The van der Waals surface area contributed by atoms with Gasteiger partial charge < -0.3 is 4.74 Å². The van der Waals surface area contributed by atoms with E-state index in [0.29, 0.717) is 0 Å². The number of hydrogen-bond donors (Lipinski definition) is 0. The van der Waals surface area contributed by atoms with Gasteiger partial charge in [0.1, 0.15) is 10.7 Å². The highest BCUT2D eigenvalue weighted by molar-refractivity contribution is 9.10. The first-order chi connectivity index (χ1) is 7.93. The van der Waals surface area contributed by atoms with Crippen molar-refractivity contribution in [3.63, 3.8) is 0 Å². The molecule has 2 nitrogen and oxygen atoms in total. The number of hydrogen-bond acceptors (Lipinski definition) is 2. The van der Waals surface area contributed by atoms with E-state index in [1.807, 2.05) is 0 Å². The highest BCUT2D eigenvalue weighted by Crippen LogP contribution is 2.37. The zero-order chi connectivity index (χ0) is 12.6. The van der Waals surface area contributed by atoms with Gasteiger partial charge in [0.2, 0.25) is 0 Å². The van der Waals surface area contributed by atoms with E-state index in [4.69, 9.17) is 4.74 Å². The molecule has 0 fully saturated rings. The Balaban J connectivity index is 2.43. The molecule has 0 unspecified atom stereocenters. The number of pyridine rings is 1. The lowest BCUT2D eigenvalue weighted by molar-refractivity contribution is 0.0119. The Morgan fingerprint density at radius 1 is 1.35 bits per heavy atom. The SMILES string of the molecule is CO[C@H](c1cc2c(c(Br)n1)CCC2)C(C)(C)C. The van der Waals surface area contributed by atoms with Crippen molar-refractivity contribution in [3.8, 4) is 0 Å². The molecule has 1 aromatic rings. The average Bonchev–Trinajstić information content (AvgIpc) is 2.64. The highest BCUT2D eigenvalue weighted by atomic mass is 79.9. The molecule has 17 heavy (non-hydrogen) atoms. The van der Waals surface area contributed by atoms with Gasteiger partial charge in [-0.05, 0) is 57.8 Å². The molecule has 1 aliphatic rings. The zero-order valence-electron chi connectivity index (χ0n) is 11.0. The summed E-state index contributed by atoms with van der Waals surface area (Å²) in [5.74, 6) is 0. The maximum absolute atomic E-state index is 5.63. The number of aromatic nitrogens is 1. The van der Waals surface area contributed by atoms with Crippen LogP contribution in [0.15, 0.2) is 10.7 Å². The molecule has 0 amide bonds. The third kappa shape index (κ3) is 2.55. The summed E-state index contributed by atoms with van der Waals surface area (Å²) in [6.07, 6.45) is 3.61. The van der Waals surface area contributed by atoms with Gasteiger partial charge >= 0.3 is 0 Å². The van der Waals surface area contributed by atoms with Gasteiger partial charge in [0, 0.05) is 7.11 Å². The van der Waals surface area contributed by atoms with Crippen LogP contribution in [0.2, 0.25) is 0 Å². The van der Waals surface area contributed by atoms with Crippen molar-refractivity contribution in [1.82, 2.24) is 4.98 Å². The second-order valence-electron chi connectivity index (χ2n) is 5.81. The van der Waals surface area contributed by atoms with E-state index in [1.54, 1.807) is 7.11 Å². The molecule has 2 rings (SSSR count). The van der Waals surface area contributed by atoms with Crippen LogP contribution in [-0.4, -0.2) is 12.1 Å². The predicted octanol–water partition coefficient (Wildman–Crippen LogP) is 4.07. The minimum Gasteiger partial charge on any atom is -0.375 e. The summed E-state index contributed by atoms with van der Waals surface area (Å²) in [6, 6.07) is 2.23. The molecule has 0 aromatic carbocycles. The Bertz CT molecular complexity index is 423. The molecule has 1 atom stereocenters. The molecule has 0 saturated carbocycles. The second-order valence-corrected chi connectivity index (χ2v) is 6.56. The van der Waals surface area contributed by atoms with E-state index in [2.05, 4.69) is 47.8 Å². The van der Waals surface area contributed by atoms with Gasteiger partial charge in [-0.15, -0.1) is 0 Å². The molecule has 1 aromatic heterocycles. The van der Waals surface area contributed by atoms with E-state index < -0.39 is 0 Å². The summed E-state index contributed by atoms with van der Waals surface area (Å²) in [5, 5.41) is 0. The lowest BCUT2D eigenvalue weighted by atomic mass is 9.86. The van der Waals surface area contributed by atoms with Crippen LogP contribution in [-0.2, 0) is 17.6 Å². The van der Waals surface area contributed by atoms with Crippen LogP contribution in [0, 0.1) is 5.41 Å². The van der Waals surface area contributed by atoms with Crippen molar-refractivity contribution in [3.05, 3.63) is 27.5 Å². The summed E-state index contributed by atoms with van der Waals surface area (Å²) in [4.78, 5) is 4.67. The van der Waals surface area contributed by atoms with Crippen molar-refractivity contribution < 1.29 is 4.74 Å². The zero-order valence-corrected chi connectivity index (χ0v) is 12.6. The number of halogens is 1. The molecule has 0 spiro atoms. The molecule has 0 aliphatic heterocycles. The van der Waals surface area contributed by atoms with Crippen molar-refractivity contribution >= 4 is 15.9 Å². The van der Waals surface area contributed by atoms with Crippen LogP contribution < -0.4 is 0 Å². The lowest BCUT2D eigenvalue weighted by Gasteiger charge is -2.29. The number of aryl methyl sites for hydroxylation is 1. The Morgan fingerprint density at radius 3 is 2.65 bits per heavy atom. The standard InChI is InChI=1S/C14H20BrNO/c1-14(2,3)12(17-4)11-8-9-6-5-7-10(9)13(15)16-11/h8,12H,5-7H2,1-4H3/t12-/m1/s1. The maximum Gasteiger partial charge on any atom is 0.109 e. The van der Waals surface area contributed by atoms with Crippen LogP contribution in [0.1, 0.15) is 50.1 Å². The van der Waals surface area contributed by atoms with E-state index >= 15 is 0 Å². The van der Waals surface area contributed by atoms with E-state index in [0.717, 1.165) is 16.7 Å². The first-order valence-corrected chi connectivity index (χ1v) is 6.93. The van der Waals surface area contributed by atoms with Gasteiger partial charge in [0.05, 0.1) is 5.69 Å². The normalized spacial score (nSPS) is 17.0. The van der Waals surface area contributed by atoms with E-state index in [-0.39, 0.29) is 11.5 Å². The molecule has 1 aliphatic carbocycles. The highest BCUT2D eigenvalue weighted by Gasteiger charge is 2.29. The fourth-order valence-corrected chi connectivity index (χ4v) is 3.26. The summed E-state index contributed by atoms with van der Waals surface area (Å²) in [5.41, 5.74) is 3.94. The van der Waals surface area contributed by atoms with Gasteiger partial charge in [-0.2, -0.15) is 0 Å². The maximum atomic E-state index is 5.63. The molecule has 1 heterocycles. The van der Waals surface area contributed by atoms with Gasteiger partial charge in [0.15, 0.2) is 0 Å². The molecular formula is C14H20BrNO. The summed E-state index contributed by atoms with van der Waals surface area (Å²) >= 11 is 3.60. The minimum absolute atomic E-state index is 0.0460. The van der Waals surface area contributed by atoms with Crippen LogP contribution in [0.3, 0.4) is 0 Å². The van der Waals surface area contributed by atoms with Gasteiger partial charge in [-0.25, -0.2) is 4.98 Å². The number of methoxy groups -OCH3 is 1. The Kier molecular flexibility index (Phi) is 3.60. The molecule has 0 N–H and O–H groups in total. The topological polar surface area (TPSA) is 22.1 Å². The Hall–Kier alpha value is -0.410. The molecule has 3 heteroatoms. The summed E-state index contributed by atoms with van der Waals surface area (Å²) < 4.78 is 6.64. The van der Waals surface area contributed by atoms with Gasteiger partial charge in [-0.3, -0.25) is 0 Å². The minimum atomic E-state index is 0.0460. The summed E-state index contributed by atoms with van der Waals surface area (Å²) in [6.45, 7) is 6.55. The summed E-state index contributed by atoms with van der Waals surface area (Å²) in [7, 11) is 1.76. The fourth-order valence-electron chi connectivity index (χ4n) is 2.61. The van der Waals surface area contributed by atoms with Crippen LogP contribution in [0.25, 0.3) is 0 Å². The van der Waals surface area contributed by atoms with Crippen molar-refractivity contribution in [2.24, 2.45) is 5.41 Å². The molecule has 0 saturated heterocycles. The van der Waals surface area contributed by atoms with Crippen molar-refractivity contribution in [2.45, 2.75) is 46.1 Å².